The first-order valence-corrected chi connectivity index (χ1v) is 11.9. The van der Waals surface area contributed by atoms with Crippen LogP contribution in [0, 0.1) is 20.8 Å². The number of aliphatic hydroxyl groups excluding tert-OH is 1. The molecule has 1 saturated heterocycles. The Morgan fingerprint density at radius 2 is 1.75 bits per heavy atom. The molecule has 0 saturated carbocycles. The number of para-hydroxylation sites is 1. The molecule has 3 aromatic carbocycles. The first kappa shape index (κ1) is 23.7. The van der Waals surface area contributed by atoms with Crippen LogP contribution in [0.25, 0.3) is 16.7 Å². The third kappa shape index (κ3) is 3.65. The Hall–Kier alpha value is -4.03. The predicted octanol–water partition coefficient (Wildman–Crippen LogP) is 6.38. The minimum Gasteiger partial charge on any atom is -0.507 e. The first-order chi connectivity index (χ1) is 17.2. The average Bonchev–Trinajstić information content (AvgIpc) is 3.40. The predicted molar refractivity (Wildman–Crippen MR) is 142 cm³/mol. The van der Waals surface area contributed by atoms with Crippen molar-refractivity contribution < 1.29 is 19.4 Å². The minimum atomic E-state index is -0.860. The van der Waals surface area contributed by atoms with E-state index >= 15 is 0 Å². The molecule has 2 heterocycles. The number of halogens is 1. The molecule has 7 heteroatoms. The number of aromatic nitrogens is 1. The lowest BCUT2D eigenvalue weighted by molar-refractivity contribution is -0.132. The number of ketones is 1. The number of Topliss-reactive ketones (excluding diaryl/α,β-unsaturated/α-hetero) is 1. The van der Waals surface area contributed by atoms with E-state index in [-0.39, 0.29) is 11.3 Å². The zero-order valence-electron chi connectivity index (χ0n) is 20.3. The van der Waals surface area contributed by atoms with Crippen molar-refractivity contribution in [3.05, 3.63) is 99.2 Å². The van der Waals surface area contributed by atoms with Crippen LogP contribution in [0.4, 0.5) is 5.69 Å². The molecule has 0 radical (unpaired) electrons. The van der Waals surface area contributed by atoms with E-state index in [9.17, 15) is 14.7 Å². The molecule has 4 aromatic rings. The van der Waals surface area contributed by atoms with Crippen LogP contribution in [0.2, 0.25) is 5.02 Å². The lowest BCUT2D eigenvalue weighted by atomic mass is 9.92. The summed E-state index contributed by atoms with van der Waals surface area (Å²) in [7, 11) is 1.58. The molecule has 182 valence electrons. The third-order valence-corrected chi connectivity index (χ3v) is 7.20. The number of aryl methyl sites for hydroxylation is 3. The maximum absolute atomic E-state index is 13.5. The Morgan fingerprint density at radius 1 is 1.00 bits per heavy atom. The molecule has 1 unspecified atom stereocenters. The summed E-state index contributed by atoms with van der Waals surface area (Å²) in [6.45, 7) is 5.55. The molecule has 1 atom stereocenters. The van der Waals surface area contributed by atoms with E-state index in [1.54, 1.807) is 43.6 Å². The number of aliphatic hydroxyl groups is 1. The Balaban J connectivity index is 1.80. The second kappa shape index (κ2) is 8.88. The van der Waals surface area contributed by atoms with Gasteiger partial charge in [-0.3, -0.25) is 14.5 Å². The average molecular weight is 501 g/mol. The van der Waals surface area contributed by atoms with E-state index in [2.05, 4.69) is 4.98 Å². The maximum Gasteiger partial charge on any atom is 0.300 e. The van der Waals surface area contributed by atoms with Crippen molar-refractivity contribution >= 4 is 45.6 Å². The molecule has 5 rings (SSSR count). The number of carbonyl (C=O) groups is 2. The molecule has 1 fully saturated rings. The topological polar surface area (TPSA) is 82.6 Å². The third-order valence-electron chi connectivity index (χ3n) is 6.79. The number of anilines is 1. The number of fused-ring (bicyclic) bond motifs is 1. The summed E-state index contributed by atoms with van der Waals surface area (Å²) < 4.78 is 5.40. The van der Waals surface area contributed by atoms with Crippen molar-refractivity contribution in [2.24, 2.45) is 0 Å². The van der Waals surface area contributed by atoms with Crippen molar-refractivity contribution in [1.29, 1.82) is 0 Å². The minimum absolute atomic E-state index is 0.0223. The van der Waals surface area contributed by atoms with Crippen molar-refractivity contribution in [2.75, 3.05) is 12.0 Å². The van der Waals surface area contributed by atoms with E-state index in [1.807, 2.05) is 45.0 Å². The van der Waals surface area contributed by atoms with Gasteiger partial charge in [-0.25, -0.2) is 0 Å². The highest BCUT2D eigenvalue weighted by Crippen LogP contribution is 2.45. The van der Waals surface area contributed by atoms with Crippen LogP contribution in [-0.2, 0) is 9.59 Å². The highest BCUT2D eigenvalue weighted by atomic mass is 35.5. The summed E-state index contributed by atoms with van der Waals surface area (Å²) in [5, 5.41) is 12.9. The van der Waals surface area contributed by atoms with Gasteiger partial charge in [-0.1, -0.05) is 35.9 Å². The van der Waals surface area contributed by atoms with Gasteiger partial charge >= 0.3 is 0 Å². The smallest absolute Gasteiger partial charge is 0.300 e. The van der Waals surface area contributed by atoms with Gasteiger partial charge in [0.25, 0.3) is 11.7 Å². The van der Waals surface area contributed by atoms with Crippen LogP contribution < -0.4 is 9.64 Å². The number of ether oxygens (including phenoxy) is 1. The van der Waals surface area contributed by atoms with Gasteiger partial charge in [0, 0.05) is 38.9 Å². The summed E-state index contributed by atoms with van der Waals surface area (Å²) >= 11 is 6.40. The standard InChI is InChI=1S/C29H25ClN2O4/c1-15-9-10-18(13-22(15)30)32-26(21-14-31-23-8-6-5-7-19(21)23)25(28(34)29(32)35)27(33)20-11-17(3)24(36-4)12-16(20)2/h5-14,26,31,33H,1-4H3/b27-25+. The Kier molecular flexibility index (Phi) is 5.85. The number of nitrogens with zero attached hydrogens (tertiary/aromatic N) is 1. The zero-order valence-corrected chi connectivity index (χ0v) is 21.1. The molecule has 6 nitrogen and oxygen atoms in total. The van der Waals surface area contributed by atoms with E-state index in [4.69, 9.17) is 16.3 Å². The summed E-state index contributed by atoms with van der Waals surface area (Å²) in [4.78, 5) is 31.7. The number of carbonyl (C=O) groups excluding carboxylic acids is 2. The van der Waals surface area contributed by atoms with Crippen molar-refractivity contribution in [2.45, 2.75) is 26.8 Å². The largest absolute Gasteiger partial charge is 0.507 e. The number of nitrogens with one attached hydrogen (secondary N) is 1. The van der Waals surface area contributed by atoms with Crippen LogP contribution in [0.3, 0.4) is 0 Å². The molecule has 0 spiro atoms. The van der Waals surface area contributed by atoms with E-state index in [1.165, 1.54) is 4.90 Å². The van der Waals surface area contributed by atoms with E-state index < -0.39 is 17.7 Å². The zero-order chi connectivity index (χ0) is 25.7. The number of methoxy groups -OCH3 is 1. The fourth-order valence-electron chi connectivity index (χ4n) is 4.85. The van der Waals surface area contributed by atoms with Gasteiger partial charge in [0.15, 0.2) is 0 Å². The highest BCUT2D eigenvalue weighted by molar-refractivity contribution is 6.52. The second-order valence-electron chi connectivity index (χ2n) is 9.03. The molecule has 2 N–H and O–H groups in total. The van der Waals surface area contributed by atoms with Crippen molar-refractivity contribution in [3.63, 3.8) is 0 Å². The van der Waals surface area contributed by atoms with Gasteiger partial charge in [0.1, 0.15) is 11.5 Å². The molecule has 1 aliphatic rings. The van der Waals surface area contributed by atoms with Gasteiger partial charge in [-0.2, -0.15) is 0 Å². The fraction of sp³-hybridized carbons (Fsp3) is 0.172. The monoisotopic (exact) mass is 500 g/mol. The maximum atomic E-state index is 13.5. The first-order valence-electron chi connectivity index (χ1n) is 11.5. The van der Waals surface area contributed by atoms with Gasteiger partial charge < -0.3 is 14.8 Å². The van der Waals surface area contributed by atoms with Crippen LogP contribution in [-0.4, -0.2) is 28.9 Å². The molecule has 1 aromatic heterocycles. The number of rotatable bonds is 4. The molecule has 0 bridgehead atoms. The molecule has 1 aliphatic heterocycles. The van der Waals surface area contributed by atoms with Crippen LogP contribution >= 0.6 is 11.6 Å². The number of H-pyrrole nitrogens is 1. The Labute approximate surface area is 213 Å². The number of hydrogen-bond donors (Lipinski definition) is 2. The number of hydrogen-bond acceptors (Lipinski definition) is 4. The molecule has 36 heavy (non-hydrogen) atoms. The van der Waals surface area contributed by atoms with E-state index in [0.29, 0.717) is 27.6 Å². The number of benzene rings is 3. The lowest BCUT2D eigenvalue weighted by Crippen LogP contribution is -2.29. The fourth-order valence-corrected chi connectivity index (χ4v) is 5.03. The van der Waals surface area contributed by atoms with Gasteiger partial charge in [-0.05, 0) is 67.8 Å². The second-order valence-corrected chi connectivity index (χ2v) is 9.44. The molecule has 0 aliphatic carbocycles. The van der Waals surface area contributed by atoms with E-state index in [0.717, 1.165) is 27.6 Å². The molecule has 1 amide bonds. The Morgan fingerprint density at radius 3 is 2.47 bits per heavy atom. The van der Waals surface area contributed by atoms with Crippen LogP contribution in [0.1, 0.15) is 33.9 Å². The van der Waals surface area contributed by atoms with Crippen molar-refractivity contribution in [1.82, 2.24) is 4.98 Å². The summed E-state index contributed by atoms with van der Waals surface area (Å²) in [6.07, 6.45) is 1.78. The van der Waals surface area contributed by atoms with Gasteiger partial charge in [-0.15, -0.1) is 0 Å². The molecular weight excluding hydrogens is 476 g/mol. The number of amides is 1. The van der Waals surface area contributed by atoms with Gasteiger partial charge in [0.05, 0.1) is 18.7 Å². The normalized spacial score (nSPS) is 17.2. The highest BCUT2D eigenvalue weighted by Gasteiger charge is 2.48. The quantitative estimate of drug-likeness (QED) is 0.193. The number of aromatic amines is 1. The van der Waals surface area contributed by atoms with Crippen molar-refractivity contribution in [3.8, 4) is 5.75 Å². The summed E-state index contributed by atoms with van der Waals surface area (Å²) in [5.41, 5.74) is 4.90. The van der Waals surface area contributed by atoms with Crippen LogP contribution in [0.15, 0.2) is 66.4 Å². The van der Waals surface area contributed by atoms with Crippen LogP contribution in [0.5, 0.6) is 5.75 Å². The molecular formula is C29H25ClN2O4. The summed E-state index contributed by atoms with van der Waals surface area (Å²) in [5.74, 6) is -1.04. The van der Waals surface area contributed by atoms with Gasteiger partial charge in [0.2, 0.25) is 0 Å². The lowest BCUT2D eigenvalue weighted by Gasteiger charge is -2.25. The SMILES string of the molecule is COc1cc(C)c(/C(O)=C2\C(=O)C(=O)N(c3ccc(C)c(Cl)c3)C2c2c[nH]c3ccccc23)cc1C. The summed E-state index contributed by atoms with van der Waals surface area (Å²) in [6, 6.07) is 15.6. The Bertz CT molecular complexity index is 1580.